The Morgan fingerprint density at radius 3 is 2.87 bits per heavy atom. The maximum absolute atomic E-state index is 8.87. The first-order valence-corrected chi connectivity index (χ1v) is 5.54. The van der Waals surface area contributed by atoms with E-state index >= 15 is 0 Å². The molecule has 1 aromatic rings. The van der Waals surface area contributed by atoms with Gasteiger partial charge in [-0.2, -0.15) is 5.10 Å². The van der Waals surface area contributed by atoms with E-state index in [9.17, 15) is 0 Å². The van der Waals surface area contributed by atoms with E-state index in [1.165, 1.54) is 0 Å². The van der Waals surface area contributed by atoms with E-state index in [0.29, 0.717) is 12.0 Å². The topological polar surface area (TPSA) is 50.1 Å². The lowest BCUT2D eigenvalue weighted by atomic mass is 10.1. The van der Waals surface area contributed by atoms with E-state index in [2.05, 4.69) is 17.3 Å². The number of aryl methyl sites for hydroxylation is 1. The van der Waals surface area contributed by atoms with Gasteiger partial charge in [0, 0.05) is 38.1 Å². The van der Waals surface area contributed by atoms with Crippen molar-refractivity contribution < 1.29 is 5.11 Å². The highest BCUT2D eigenvalue weighted by atomic mass is 16.3. The molecular formula is C11H21N3O. The molecule has 0 radical (unpaired) electrons. The van der Waals surface area contributed by atoms with Crippen LogP contribution in [0.1, 0.15) is 20.3 Å². The molecule has 0 amide bonds. The van der Waals surface area contributed by atoms with Crippen molar-refractivity contribution in [3.8, 4) is 0 Å². The van der Waals surface area contributed by atoms with E-state index < -0.39 is 0 Å². The molecule has 0 saturated carbocycles. The zero-order valence-electron chi connectivity index (χ0n) is 9.56. The fraction of sp³-hybridized carbons (Fsp3) is 0.727. The molecule has 0 spiro atoms. The highest BCUT2D eigenvalue weighted by Crippen LogP contribution is 1.97. The lowest BCUT2D eigenvalue weighted by Crippen LogP contribution is -2.32. The van der Waals surface area contributed by atoms with Gasteiger partial charge in [-0.15, -0.1) is 0 Å². The zero-order chi connectivity index (χ0) is 11.1. The molecule has 1 heterocycles. The Morgan fingerprint density at radius 1 is 1.47 bits per heavy atom. The van der Waals surface area contributed by atoms with Gasteiger partial charge in [-0.05, 0) is 25.3 Å². The summed E-state index contributed by atoms with van der Waals surface area (Å²) in [5.41, 5.74) is 0. The summed E-state index contributed by atoms with van der Waals surface area (Å²) < 4.78 is 1.94. The van der Waals surface area contributed by atoms with Gasteiger partial charge in [-0.1, -0.05) is 6.92 Å². The minimum absolute atomic E-state index is 0.249. The van der Waals surface area contributed by atoms with Crippen LogP contribution in [-0.4, -0.2) is 34.1 Å². The molecule has 0 saturated heterocycles. The Bertz CT molecular complexity index is 248. The van der Waals surface area contributed by atoms with Crippen molar-refractivity contribution in [2.24, 2.45) is 5.92 Å². The van der Waals surface area contributed by atoms with Crippen LogP contribution in [0, 0.1) is 5.92 Å². The lowest BCUT2D eigenvalue weighted by molar-refractivity contribution is 0.229. The fourth-order valence-electron chi connectivity index (χ4n) is 1.33. The Hall–Kier alpha value is -0.870. The molecule has 2 atom stereocenters. The van der Waals surface area contributed by atoms with Crippen molar-refractivity contribution >= 4 is 0 Å². The number of aliphatic hydroxyl groups is 1. The molecule has 0 fully saturated rings. The van der Waals surface area contributed by atoms with Gasteiger partial charge in [0.25, 0.3) is 0 Å². The molecule has 0 aliphatic carbocycles. The maximum atomic E-state index is 8.87. The fourth-order valence-corrected chi connectivity index (χ4v) is 1.33. The van der Waals surface area contributed by atoms with Gasteiger partial charge in [0.2, 0.25) is 0 Å². The summed E-state index contributed by atoms with van der Waals surface area (Å²) in [6, 6.07) is 2.40. The third-order valence-electron chi connectivity index (χ3n) is 2.48. The van der Waals surface area contributed by atoms with Crippen LogP contribution in [0.4, 0.5) is 0 Å². The van der Waals surface area contributed by atoms with Crippen LogP contribution >= 0.6 is 0 Å². The number of nitrogens with zero attached hydrogens (tertiary/aromatic N) is 2. The van der Waals surface area contributed by atoms with Gasteiger partial charge in [0.15, 0.2) is 0 Å². The van der Waals surface area contributed by atoms with Crippen molar-refractivity contribution in [1.29, 1.82) is 0 Å². The normalized spacial score (nSPS) is 15.1. The molecule has 86 valence electrons. The Labute approximate surface area is 91.3 Å². The number of nitrogens with one attached hydrogen (secondary N) is 1. The van der Waals surface area contributed by atoms with E-state index in [1.807, 2.05) is 23.9 Å². The van der Waals surface area contributed by atoms with E-state index in [0.717, 1.165) is 19.5 Å². The minimum Gasteiger partial charge on any atom is -0.396 e. The molecule has 1 aromatic heterocycles. The Balaban J connectivity index is 2.11. The average Bonchev–Trinajstić information content (AvgIpc) is 2.75. The third kappa shape index (κ3) is 4.95. The van der Waals surface area contributed by atoms with Gasteiger partial charge < -0.3 is 10.4 Å². The Morgan fingerprint density at radius 2 is 2.27 bits per heavy atom. The minimum atomic E-state index is 0.249. The van der Waals surface area contributed by atoms with Crippen LogP contribution in [0.15, 0.2) is 18.5 Å². The van der Waals surface area contributed by atoms with E-state index in [4.69, 9.17) is 5.11 Å². The first-order valence-electron chi connectivity index (χ1n) is 5.54. The van der Waals surface area contributed by atoms with Gasteiger partial charge in [0.1, 0.15) is 0 Å². The van der Waals surface area contributed by atoms with Crippen molar-refractivity contribution in [3.05, 3.63) is 18.5 Å². The van der Waals surface area contributed by atoms with Crippen LogP contribution in [-0.2, 0) is 6.54 Å². The summed E-state index contributed by atoms with van der Waals surface area (Å²) in [5.74, 6) is 0.331. The van der Waals surface area contributed by atoms with Crippen molar-refractivity contribution in [3.63, 3.8) is 0 Å². The second kappa shape index (κ2) is 6.58. The number of hydrogen-bond acceptors (Lipinski definition) is 3. The number of aromatic nitrogens is 2. The summed E-state index contributed by atoms with van der Waals surface area (Å²) in [4.78, 5) is 0. The van der Waals surface area contributed by atoms with Crippen LogP contribution < -0.4 is 5.32 Å². The predicted molar refractivity (Wildman–Crippen MR) is 60.6 cm³/mol. The van der Waals surface area contributed by atoms with E-state index in [-0.39, 0.29) is 6.61 Å². The summed E-state index contributed by atoms with van der Waals surface area (Å²) in [6.45, 7) is 6.26. The van der Waals surface area contributed by atoms with Crippen LogP contribution in [0.2, 0.25) is 0 Å². The molecule has 2 unspecified atom stereocenters. The largest absolute Gasteiger partial charge is 0.396 e. The second-order valence-corrected chi connectivity index (χ2v) is 4.15. The molecule has 0 aliphatic heterocycles. The molecule has 4 nitrogen and oxygen atoms in total. The summed E-state index contributed by atoms with van der Waals surface area (Å²) in [7, 11) is 0. The highest BCUT2D eigenvalue weighted by Gasteiger charge is 2.04. The van der Waals surface area contributed by atoms with Crippen LogP contribution in [0.3, 0.4) is 0 Å². The number of hydrogen-bond donors (Lipinski definition) is 2. The maximum Gasteiger partial charge on any atom is 0.0489 e. The third-order valence-corrected chi connectivity index (χ3v) is 2.48. The monoisotopic (exact) mass is 211 g/mol. The number of aliphatic hydroxyl groups excluding tert-OH is 1. The predicted octanol–water partition coefficient (Wildman–Crippen LogP) is 0.880. The van der Waals surface area contributed by atoms with Crippen molar-refractivity contribution in [2.75, 3.05) is 13.2 Å². The van der Waals surface area contributed by atoms with Gasteiger partial charge in [-0.25, -0.2) is 0 Å². The van der Waals surface area contributed by atoms with Crippen LogP contribution in [0.25, 0.3) is 0 Å². The molecular weight excluding hydrogens is 190 g/mol. The summed E-state index contributed by atoms with van der Waals surface area (Å²) in [6.07, 6.45) is 4.83. The molecule has 0 aromatic carbocycles. The zero-order valence-corrected chi connectivity index (χ0v) is 9.56. The summed E-state index contributed by atoms with van der Waals surface area (Å²) in [5, 5.41) is 16.4. The second-order valence-electron chi connectivity index (χ2n) is 4.15. The first-order chi connectivity index (χ1) is 7.22. The summed E-state index contributed by atoms with van der Waals surface area (Å²) >= 11 is 0. The Kier molecular flexibility index (Phi) is 5.36. The molecule has 0 bridgehead atoms. The SMILES string of the molecule is CC(CO)CNC(C)CCn1cccn1. The van der Waals surface area contributed by atoms with Crippen molar-refractivity contribution in [1.82, 2.24) is 15.1 Å². The van der Waals surface area contributed by atoms with Crippen LogP contribution in [0.5, 0.6) is 0 Å². The standard InChI is InChI=1S/C11H21N3O/c1-10(9-15)8-12-11(2)4-7-14-6-3-5-13-14/h3,5-6,10-12,15H,4,7-9H2,1-2H3. The highest BCUT2D eigenvalue weighted by molar-refractivity contribution is 4.78. The molecule has 0 aliphatic rings. The molecule has 1 rings (SSSR count). The smallest absolute Gasteiger partial charge is 0.0489 e. The average molecular weight is 211 g/mol. The molecule has 2 N–H and O–H groups in total. The molecule has 15 heavy (non-hydrogen) atoms. The number of rotatable bonds is 7. The van der Waals surface area contributed by atoms with Gasteiger partial charge >= 0.3 is 0 Å². The lowest BCUT2D eigenvalue weighted by Gasteiger charge is -2.16. The quantitative estimate of drug-likeness (QED) is 0.704. The molecule has 4 heteroatoms. The van der Waals surface area contributed by atoms with Crippen molar-refractivity contribution in [2.45, 2.75) is 32.9 Å². The van der Waals surface area contributed by atoms with E-state index in [1.54, 1.807) is 6.20 Å². The first kappa shape index (κ1) is 12.2. The van der Waals surface area contributed by atoms with Gasteiger partial charge in [-0.3, -0.25) is 4.68 Å². The van der Waals surface area contributed by atoms with Gasteiger partial charge in [0.05, 0.1) is 0 Å².